The summed E-state index contributed by atoms with van der Waals surface area (Å²) < 4.78 is 0. The third-order valence-corrected chi connectivity index (χ3v) is 2.31. The first kappa shape index (κ1) is 8.58. The van der Waals surface area contributed by atoms with E-state index in [2.05, 4.69) is 10.8 Å². The number of aliphatic hydroxyl groups is 1. The highest BCUT2D eigenvalue weighted by Crippen LogP contribution is 2.19. The third-order valence-electron chi connectivity index (χ3n) is 2.31. The molecule has 0 aromatic heterocycles. The Morgan fingerprint density at radius 3 is 2.64 bits per heavy atom. The van der Waals surface area contributed by atoms with Gasteiger partial charge in [0.25, 0.3) is 0 Å². The molecular formula is C9H15NO. The Bertz CT molecular complexity index is 180. The summed E-state index contributed by atoms with van der Waals surface area (Å²) in [6, 6.07) is 0. The second-order valence-electron chi connectivity index (χ2n) is 3.59. The van der Waals surface area contributed by atoms with E-state index in [1.54, 1.807) is 0 Å². The standard InChI is InChI=1S/C9H15NO/c1-4-9(2,3)10-6-5-8(11)7-10/h1,8,11H,5-7H2,2-3H3. The van der Waals surface area contributed by atoms with Crippen LogP contribution in [-0.4, -0.2) is 34.7 Å². The molecule has 11 heavy (non-hydrogen) atoms. The number of hydrogen-bond donors (Lipinski definition) is 1. The van der Waals surface area contributed by atoms with E-state index >= 15 is 0 Å². The van der Waals surface area contributed by atoms with Crippen molar-refractivity contribution in [2.75, 3.05) is 13.1 Å². The van der Waals surface area contributed by atoms with Crippen LogP contribution in [0, 0.1) is 12.3 Å². The molecular weight excluding hydrogens is 138 g/mol. The molecule has 1 aliphatic rings. The van der Waals surface area contributed by atoms with E-state index < -0.39 is 0 Å². The fourth-order valence-electron chi connectivity index (χ4n) is 1.34. The van der Waals surface area contributed by atoms with Crippen molar-refractivity contribution >= 4 is 0 Å². The predicted molar refractivity (Wildman–Crippen MR) is 45.1 cm³/mol. The molecule has 0 spiro atoms. The molecule has 0 saturated carbocycles. The molecule has 0 aromatic rings. The van der Waals surface area contributed by atoms with Gasteiger partial charge in [-0.1, -0.05) is 5.92 Å². The fourth-order valence-corrected chi connectivity index (χ4v) is 1.34. The number of terminal acetylenes is 1. The van der Waals surface area contributed by atoms with E-state index in [-0.39, 0.29) is 11.6 Å². The van der Waals surface area contributed by atoms with Crippen molar-refractivity contribution in [2.45, 2.75) is 31.9 Å². The molecule has 1 aliphatic heterocycles. The monoisotopic (exact) mass is 153 g/mol. The normalized spacial score (nSPS) is 26.9. The average Bonchev–Trinajstić information content (AvgIpc) is 2.36. The van der Waals surface area contributed by atoms with Crippen molar-refractivity contribution in [1.29, 1.82) is 0 Å². The molecule has 1 saturated heterocycles. The zero-order valence-electron chi connectivity index (χ0n) is 7.17. The van der Waals surface area contributed by atoms with Gasteiger partial charge < -0.3 is 5.11 Å². The maximum atomic E-state index is 9.25. The molecule has 62 valence electrons. The predicted octanol–water partition coefficient (Wildman–Crippen LogP) is 0.465. The Labute approximate surface area is 68.2 Å². The Morgan fingerprint density at radius 1 is 1.64 bits per heavy atom. The van der Waals surface area contributed by atoms with Gasteiger partial charge in [0, 0.05) is 13.1 Å². The third kappa shape index (κ3) is 1.74. The highest BCUT2D eigenvalue weighted by atomic mass is 16.3. The minimum atomic E-state index is -0.197. The van der Waals surface area contributed by atoms with Crippen molar-refractivity contribution in [3.05, 3.63) is 0 Å². The van der Waals surface area contributed by atoms with Crippen molar-refractivity contribution in [3.63, 3.8) is 0 Å². The van der Waals surface area contributed by atoms with Crippen LogP contribution >= 0.6 is 0 Å². The summed E-state index contributed by atoms with van der Waals surface area (Å²) in [5.74, 6) is 2.72. The summed E-state index contributed by atoms with van der Waals surface area (Å²) in [5.41, 5.74) is -0.197. The topological polar surface area (TPSA) is 23.5 Å². The smallest absolute Gasteiger partial charge is 0.0767 e. The molecule has 0 radical (unpaired) electrons. The SMILES string of the molecule is C#CC(C)(C)N1CCC(O)C1. The summed E-state index contributed by atoms with van der Waals surface area (Å²) in [7, 11) is 0. The number of rotatable bonds is 1. The lowest BCUT2D eigenvalue weighted by Gasteiger charge is -2.29. The molecule has 1 N–H and O–H groups in total. The molecule has 0 bridgehead atoms. The van der Waals surface area contributed by atoms with Crippen LogP contribution in [0.1, 0.15) is 20.3 Å². The van der Waals surface area contributed by atoms with Gasteiger partial charge in [0.2, 0.25) is 0 Å². The highest BCUT2D eigenvalue weighted by Gasteiger charge is 2.30. The van der Waals surface area contributed by atoms with Crippen LogP contribution in [0.3, 0.4) is 0 Å². The van der Waals surface area contributed by atoms with Crippen LogP contribution < -0.4 is 0 Å². The summed E-state index contributed by atoms with van der Waals surface area (Å²) in [5, 5.41) is 9.25. The number of aliphatic hydroxyl groups excluding tert-OH is 1. The van der Waals surface area contributed by atoms with Gasteiger partial charge in [-0.15, -0.1) is 6.42 Å². The molecule has 0 aromatic carbocycles. The van der Waals surface area contributed by atoms with E-state index in [1.807, 2.05) is 13.8 Å². The van der Waals surface area contributed by atoms with Gasteiger partial charge in [0.05, 0.1) is 11.6 Å². The van der Waals surface area contributed by atoms with Crippen molar-refractivity contribution in [1.82, 2.24) is 4.90 Å². The van der Waals surface area contributed by atoms with Crippen molar-refractivity contribution in [3.8, 4) is 12.3 Å². The lowest BCUT2D eigenvalue weighted by atomic mass is 10.1. The van der Waals surface area contributed by atoms with E-state index in [0.29, 0.717) is 0 Å². The fraction of sp³-hybridized carbons (Fsp3) is 0.778. The largest absolute Gasteiger partial charge is 0.392 e. The first-order chi connectivity index (χ1) is 5.06. The highest BCUT2D eigenvalue weighted by molar-refractivity contribution is 5.09. The summed E-state index contributed by atoms with van der Waals surface area (Å²) >= 11 is 0. The Balaban J connectivity index is 2.57. The molecule has 2 nitrogen and oxygen atoms in total. The van der Waals surface area contributed by atoms with Gasteiger partial charge >= 0.3 is 0 Å². The van der Waals surface area contributed by atoms with E-state index in [1.165, 1.54) is 0 Å². The molecule has 2 heteroatoms. The zero-order chi connectivity index (χ0) is 8.48. The van der Waals surface area contributed by atoms with Crippen molar-refractivity contribution < 1.29 is 5.11 Å². The second kappa shape index (κ2) is 2.84. The number of β-amino-alcohol motifs (C(OH)–C–C–N with tert-alkyl or cyclic N) is 1. The van der Waals surface area contributed by atoms with Crippen LogP contribution in [0.2, 0.25) is 0 Å². The maximum absolute atomic E-state index is 9.25. The number of nitrogens with zero attached hydrogens (tertiary/aromatic N) is 1. The molecule has 1 atom stereocenters. The Kier molecular flexibility index (Phi) is 2.22. The number of likely N-dealkylation sites (tertiary alicyclic amines) is 1. The lowest BCUT2D eigenvalue weighted by Crippen LogP contribution is -2.41. The van der Waals surface area contributed by atoms with E-state index in [9.17, 15) is 5.11 Å². The quantitative estimate of drug-likeness (QED) is 0.553. The molecule has 0 amide bonds. The molecule has 1 rings (SSSR count). The van der Waals surface area contributed by atoms with E-state index in [4.69, 9.17) is 6.42 Å². The Morgan fingerprint density at radius 2 is 2.27 bits per heavy atom. The van der Waals surface area contributed by atoms with Crippen molar-refractivity contribution in [2.24, 2.45) is 0 Å². The average molecular weight is 153 g/mol. The molecule has 1 fully saturated rings. The first-order valence-electron chi connectivity index (χ1n) is 3.97. The van der Waals surface area contributed by atoms with Crippen LogP contribution in [0.4, 0.5) is 0 Å². The van der Waals surface area contributed by atoms with Gasteiger partial charge in [0.1, 0.15) is 0 Å². The maximum Gasteiger partial charge on any atom is 0.0767 e. The first-order valence-corrected chi connectivity index (χ1v) is 3.97. The van der Waals surface area contributed by atoms with Gasteiger partial charge in [-0.2, -0.15) is 0 Å². The summed E-state index contributed by atoms with van der Waals surface area (Å²) in [6.07, 6.45) is 6.03. The van der Waals surface area contributed by atoms with Gasteiger partial charge in [-0.25, -0.2) is 0 Å². The lowest BCUT2D eigenvalue weighted by molar-refractivity contribution is 0.148. The van der Waals surface area contributed by atoms with Gasteiger partial charge in [0.15, 0.2) is 0 Å². The molecule has 1 unspecified atom stereocenters. The van der Waals surface area contributed by atoms with Gasteiger partial charge in [-0.05, 0) is 20.3 Å². The summed E-state index contributed by atoms with van der Waals surface area (Å²) in [6.45, 7) is 5.64. The van der Waals surface area contributed by atoms with Gasteiger partial charge in [-0.3, -0.25) is 4.90 Å². The number of hydrogen-bond acceptors (Lipinski definition) is 2. The van der Waals surface area contributed by atoms with E-state index in [0.717, 1.165) is 19.5 Å². The zero-order valence-corrected chi connectivity index (χ0v) is 7.17. The minimum absolute atomic E-state index is 0.178. The van der Waals surface area contributed by atoms with Crippen LogP contribution in [-0.2, 0) is 0 Å². The molecule has 1 heterocycles. The minimum Gasteiger partial charge on any atom is -0.392 e. The Hall–Kier alpha value is -0.520. The second-order valence-corrected chi connectivity index (χ2v) is 3.59. The summed E-state index contributed by atoms with van der Waals surface area (Å²) in [4.78, 5) is 2.14. The van der Waals surface area contributed by atoms with Crippen LogP contribution in [0.5, 0.6) is 0 Å². The van der Waals surface area contributed by atoms with Crippen LogP contribution in [0.25, 0.3) is 0 Å². The molecule has 0 aliphatic carbocycles. The van der Waals surface area contributed by atoms with Crippen LogP contribution in [0.15, 0.2) is 0 Å².